The number of benzene rings is 12. The van der Waals surface area contributed by atoms with Crippen LogP contribution in [0.5, 0.6) is 0 Å². The van der Waals surface area contributed by atoms with Gasteiger partial charge in [0.15, 0.2) is 0 Å². The number of rotatable bonds is 16. The first-order valence-corrected chi connectivity index (χ1v) is 36.2. The van der Waals surface area contributed by atoms with Crippen LogP contribution in [0.25, 0.3) is 44.5 Å². The first-order chi connectivity index (χ1) is 52.4. The second kappa shape index (κ2) is 77.2. The molecule has 0 unspecified atom stereocenters. The molecule has 16 nitrogen and oxygen atoms in total. The standard InChI is InChI=1S/C15H14O2.C15H16.C14H11FO2.C14H14.2C8H9Br.C7H9BO2.C6H6BFO2.2CH2O3.CH4.BH.2Li.4Na.2H2O/c1-11-3-2-4-14(9-11)13-7-5-12(6-8-13)10-15(16)17;1-3-13-7-9-14(10-8-13)15-6-4-5-12(2)11-15;15-13-4-2-1-3-12(13)11-7-5-10(6-8-11)9-14(16)17;1-2-12-8-10-14(11-9-12)13-6-4-3-5-7-13;2*1-2-7-3-5-8(9)6-4-7;1-6-3-2-4-7(5-6)8(9)10;8-6-4-2-1-3-5(6)7(9)10;2*2-1-4-3;;;;;;;;;;/h2-9H,10H2,1H3,(H,16,17);4-11H,3H2,1-2H3;1-8H,9H2,(H,16,17);3-11H,2H2,1H3;2*3-6H,2H2,1H3;2-5,9-10H,1H3;1-4,9-10H;2*1,3H;1H4;1H;;;;;;;2*1H2/q;;;;;;;;;;;;2*+1;;;2*+1;;/p-4. The fourth-order valence-corrected chi connectivity index (χ4v) is 10.3. The van der Waals surface area contributed by atoms with Crippen molar-refractivity contribution in [3.05, 3.63) is 368 Å². The molecule has 12 aromatic rings. The summed E-state index contributed by atoms with van der Waals surface area (Å²) in [7, 11) is -3.07. The normalized spacial score (nSPS) is 8.78. The van der Waals surface area contributed by atoms with Crippen LogP contribution < -0.4 is 118 Å². The zero-order valence-electron chi connectivity index (χ0n) is 69.4. The molecular formula is C90H97B3Br2F2Li2Na4O16. The zero-order valence-corrected chi connectivity index (χ0v) is 80.6. The van der Waals surface area contributed by atoms with Crippen LogP contribution in [0.4, 0.5) is 8.78 Å². The van der Waals surface area contributed by atoms with Gasteiger partial charge in [-0.1, -0.05) is 345 Å². The average molecular weight is 1770 g/mol. The van der Waals surface area contributed by atoms with Gasteiger partial charge in [-0.05, 0) is 161 Å². The Bertz CT molecular complexity index is 4520. The summed E-state index contributed by atoms with van der Waals surface area (Å²) in [5, 5.41) is 68.6. The van der Waals surface area contributed by atoms with Crippen molar-refractivity contribution in [2.75, 3.05) is 0 Å². The van der Waals surface area contributed by atoms with E-state index in [1.54, 1.807) is 60.7 Å². The largest absolute Gasteiger partial charge is 1.00 e. The molecule has 12 rings (SSSR count). The van der Waals surface area contributed by atoms with Crippen molar-refractivity contribution in [1.29, 1.82) is 0 Å². The predicted octanol–water partition coefficient (Wildman–Crippen LogP) is 3.51. The van der Waals surface area contributed by atoms with Gasteiger partial charge in [-0.25, -0.2) is 8.78 Å². The molecule has 0 fully saturated rings. The summed E-state index contributed by atoms with van der Waals surface area (Å²) in [6, 6.07) is 95.4. The number of halogens is 4. The monoisotopic (exact) mass is 1770 g/mol. The molecule has 0 aliphatic rings. The Morgan fingerprint density at radius 3 is 0.924 bits per heavy atom. The maximum atomic E-state index is 13.5. The van der Waals surface area contributed by atoms with Gasteiger partial charge in [-0.15, -0.1) is 0 Å². The van der Waals surface area contributed by atoms with Crippen molar-refractivity contribution in [3.8, 4) is 44.5 Å². The first kappa shape index (κ1) is 129. The van der Waals surface area contributed by atoms with Gasteiger partial charge in [0.25, 0.3) is 12.9 Å². The molecule has 29 heteroatoms. The average Bonchev–Trinajstić information content (AvgIpc) is 0.843. The van der Waals surface area contributed by atoms with Crippen LogP contribution in [0.1, 0.15) is 85.2 Å². The molecule has 0 aliphatic carbocycles. The summed E-state index contributed by atoms with van der Waals surface area (Å²) in [4.78, 5) is 43.6. The van der Waals surface area contributed by atoms with Crippen LogP contribution in [0.2, 0.25) is 0 Å². The van der Waals surface area contributed by atoms with Crippen molar-refractivity contribution in [1.82, 2.24) is 0 Å². The number of carbonyl (C=O) groups is 4. The third-order valence-corrected chi connectivity index (χ3v) is 16.6. The number of aryl methyl sites for hydroxylation is 7. The van der Waals surface area contributed by atoms with Crippen molar-refractivity contribution >= 4 is 149 Å². The number of aliphatic carboxylic acids is 2. The van der Waals surface area contributed by atoms with Gasteiger partial charge in [0.1, 0.15) is 11.6 Å². The number of carboxylic acid groups (broad SMARTS) is 2. The van der Waals surface area contributed by atoms with Crippen molar-refractivity contribution in [2.24, 2.45) is 0 Å². The van der Waals surface area contributed by atoms with Crippen LogP contribution in [0, 0.1) is 32.4 Å². The van der Waals surface area contributed by atoms with E-state index in [2.05, 4.69) is 247 Å². The molecule has 0 saturated carbocycles. The van der Waals surface area contributed by atoms with E-state index in [-0.39, 0.29) is 220 Å². The maximum Gasteiger partial charge on any atom is 1.00 e. The van der Waals surface area contributed by atoms with Crippen LogP contribution in [-0.4, -0.2) is 148 Å². The molecule has 0 heterocycles. The van der Waals surface area contributed by atoms with Crippen molar-refractivity contribution in [2.45, 2.75) is 94.4 Å². The van der Waals surface area contributed by atoms with E-state index in [1.807, 2.05) is 49.4 Å². The van der Waals surface area contributed by atoms with Crippen LogP contribution in [0.15, 0.2) is 306 Å². The van der Waals surface area contributed by atoms with Gasteiger partial charge in [-0.2, -0.15) is 0 Å². The van der Waals surface area contributed by atoms with Gasteiger partial charge in [0, 0.05) is 87.5 Å². The van der Waals surface area contributed by atoms with E-state index in [0.29, 0.717) is 16.6 Å². The molecule has 4 radical (unpaired) electrons. The Morgan fingerprint density at radius 2 is 0.647 bits per heavy atom. The predicted molar refractivity (Wildman–Crippen MR) is 466 cm³/mol. The summed E-state index contributed by atoms with van der Waals surface area (Å²) in [6.07, 6.45) is 4.51. The minimum Gasteiger partial charge on any atom is -0.870 e. The quantitative estimate of drug-likeness (QED) is 0.0349. The fraction of sp³-hybridized carbons (Fsp3) is 0.156. The molecular weight excluding hydrogens is 1670 g/mol. The van der Waals surface area contributed by atoms with Gasteiger partial charge in [0.2, 0.25) is 0 Å². The Labute approximate surface area is 832 Å². The SMILES string of the molecule is C.CCc1ccc(-c2cccc(C)c2)cc1.CCc1ccc(-c2ccccc2)cc1.CCc1ccc(Br)cc1.CCc1ccc(Br)cc1.Cc1cccc(-c2ccc(CC(=O)O)cc2)c1.Cc1cccc(B(O)O)c1.O=C(O)Cc1ccc(-c2ccccc2F)cc1.O=CO[O-].O=CO[O-].OB(O)c1ccccc1F.[BH].[Li+].[Li+].[Na+].[Na+].[Na].[Na].[OH-].[OH-]. The zero-order chi connectivity index (χ0) is 80.3. The summed E-state index contributed by atoms with van der Waals surface area (Å²) in [5.41, 5.74) is 19.8. The van der Waals surface area contributed by atoms with Gasteiger partial charge >= 0.3 is 123 Å². The van der Waals surface area contributed by atoms with E-state index in [1.165, 1.54) is 86.0 Å². The smallest absolute Gasteiger partial charge is 0.870 e. The number of carboxylic acids is 2. The van der Waals surface area contributed by atoms with Gasteiger partial charge in [0.05, 0.1) is 12.8 Å². The van der Waals surface area contributed by atoms with E-state index in [9.17, 15) is 18.4 Å². The third kappa shape index (κ3) is 56.0. The molecule has 12 aromatic carbocycles. The molecule has 0 bridgehead atoms. The number of hydrogen-bond donors (Lipinski definition) is 6. The molecule has 0 saturated heterocycles. The van der Waals surface area contributed by atoms with Gasteiger partial charge < -0.3 is 61.6 Å². The molecule has 0 amide bonds. The Morgan fingerprint density at radius 1 is 0.378 bits per heavy atom. The number of carbonyl (C=O) groups excluding carboxylic acids is 2. The first-order valence-electron chi connectivity index (χ1n) is 34.6. The Kier molecular flexibility index (Phi) is 83.7. The Hall–Kier alpha value is -5.59. The minimum atomic E-state index is -1.72. The maximum absolute atomic E-state index is 13.5. The van der Waals surface area contributed by atoms with Gasteiger partial charge in [-0.3, -0.25) is 19.2 Å². The van der Waals surface area contributed by atoms with E-state index in [0.717, 1.165) is 62.4 Å². The van der Waals surface area contributed by atoms with Crippen LogP contribution >= 0.6 is 31.9 Å². The second-order valence-corrected chi connectivity index (χ2v) is 25.6. The summed E-state index contributed by atoms with van der Waals surface area (Å²) < 4.78 is 28.3. The summed E-state index contributed by atoms with van der Waals surface area (Å²) in [6.45, 7) is 14.4. The molecule has 0 aliphatic heterocycles. The molecule has 0 aromatic heterocycles. The molecule has 8 N–H and O–H groups in total. The second-order valence-electron chi connectivity index (χ2n) is 23.7. The van der Waals surface area contributed by atoms with Crippen LogP contribution in [-0.2, 0) is 67.5 Å². The summed E-state index contributed by atoms with van der Waals surface area (Å²) in [5.74, 6) is -2.55. The Balaban J connectivity index is -0.000000194. The summed E-state index contributed by atoms with van der Waals surface area (Å²) >= 11 is 6.75. The molecule has 119 heavy (non-hydrogen) atoms. The molecule has 0 atom stereocenters. The van der Waals surface area contributed by atoms with Crippen molar-refractivity contribution in [3.63, 3.8) is 0 Å². The van der Waals surface area contributed by atoms with Crippen LogP contribution in [0.3, 0.4) is 0 Å². The minimum absolute atomic E-state index is 0. The van der Waals surface area contributed by atoms with E-state index in [4.69, 9.17) is 50.4 Å². The van der Waals surface area contributed by atoms with E-state index < -0.39 is 32.0 Å². The van der Waals surface area contributed by atoms with E-state index >= 15 is 0 Å². The topological polar surface area (TPSA) is 314 Å². The molecule has 0 spiro atoms. The van der Waals surface area contributed by atoms with Crippen molar-refractivity contribution < 1.29 is 186 Å². The third-order valence-electron chi connectivity index (χ3n) is 15.6. The molecule has 596 valence electrons. The fourth-order valence-electron chi connectivity index (χ4n) is 9.76. The number of hydrogen-bond acceptors (Lipinski definition) is 14.